The summed E-state index contributed by atoms with van der Waals surface area (Å²) in [5.74, 6) is 0. The molecule has 1 aromatic heterocycles. The van der Waals surface area contributed by atoms with Gasteiger partial charge in [-0.1, -0.05) is 44.8 Å². The molecule has 0 saturated carbocycles. The van der Waals surface area contributed by atoms with Gasteiger partial charge in [0, 0.05) is 10.0 Å². The fraction of sp³-hybridized carbons (Fsp3) is 0. The molecule has 0 bridgehead atoms. The highest BCUT2D eigenvalue weighted by Crippen LogP contribution is 2.33. The molecular weight excluding hydrogens is 289 g/mol. The molecule has 0 aliphatic carbocycles. The molecule has 1 aromatic carbocycles. The summed E-state index contributed by atoms with van der Waals surface area (Å²) < 4.78 is 5.74. The Kier molecular flexibility index (Phi) is 2.81. The highest BCUT2D eigenvalue weighted by molar-refractivity contribution is 9.10. The van der Waals surface area contributed by atoms with E-state index in [0.29, 0.717) is 10.7 Å². The van der Waals surface area contributed by atoms with Gasteiger partial charge in [-0.3, -0.25) is 0 Å². The van der Waals surface area contributed by atoms with Crippen molar-refractivity contribution in [1.29, 1.82) is 0 Å². The van der Waals surface area contributed by atoms with E-state index in [0.717, 1.165) is 10.0 Å². The van der Waals surface area contributed by atoms with Crippen molar-refractivity contribution in [1.82, 2.24) is 5.16 Å². The minimum atomic E-state index is 0.115. The Balaban J connectivity index is 2.49. The van der Waals surface area contributed by atoms with Gasteiger partial charge in [0.15, 0.2) is 0 Å². The van der Waals surface area contributed by atoms with E-state index in [2.05, 4.69) is 21.1 Å². The molecule has 0 spiro atoms. The number of rotatable bonds is 1. The average Bonchev–Trinajstić information content (AvgIpc) is 2.50. The van der Waals surface area contributed by atoms with Crippen LogP contribution in [-0.2, 0) is 0 Å². The first kappa shape index (κ1) is 10.0. The van der Waals surface area contributed by atoms with E-state index < -0.39 is 0 Å². The highest BCUT2D eigenvalue weighted by atomic mass is 79.9. The topological polar surface area (TPSA) is 26.0 Å². The lowest BCUT2D eigenvalue weighted by Gasteiger charge is -1.95. The van der Waals surface area contributed by atoms with E-state index >= 15 is 0 Å². The molecule has 1 heterocycles. The van der Waals surface area contributed by atoms with Crippen LogP contribution in [0.2, 0.25) is 10.2 Å². The highest BCUT2D eigenvalue weighted by Gasteiger charge is 2.13. The molecule has 2 nitrogen and oxygen atoms in total. The number of benzene rings is 1. The molecule has 0 atom stereocenters. The number of hydrogen-bond acceptors (Lipinski definition) is 2. The van der Waals surface area contributed by atoms with Crippen LogP contribution in [0.15, 0.2) is 33.3 Å². The molecule has 0 aliphatic heterocycles. The van der Waals surface area contributed by atoms with Gasteiger partial charge < -0.3 is 4.52 Å². The van der Waals surface area contributed by atoms with Crippen molar-refractivity contribution in [2.24, 2.45) is 0 Å². The normalized spacial score (nSPS) is 10.5. The van der Waals surface area contributed by atoms with Crippen LogP contribution in [0.5, 0.6) is 0 Å². The molecule has 0 N–H and O–H groups in total. The minimum absolute atomic E-state index is 0.115. The lowest BCUT2D eigenvalue weighted by molar-refractivity contribution is 0.424. The van der Waals surface area contributed by atoms with Crippen LogP contribution in [0.1, 0.15) is 0 Å². The predicted molar refractivity (Wildman–Crippen MR) is 59.7 cm³/mol. The molecule has 0 fully saturated rings. The Hall–Kier alpha value is -0.510. The van der Waals surface area contributed by atoms with Gasteiger partial charge in [0.05, 0.1) is 0 Å². The van der Waals surface area contributed by atoms with Crippen molar-refractivity contribution in [2.45, 2.75) is 0 Å². The molecule has 0 saturated heterocycles. The molecule has 0 amide bonds. The first-order valence-electron chi connectivity index (χ1n) is 3.75. The lowest BCUT2D eigenvalue weighted by atomic mass is 10.2. The van der Waals surface area contributed by atoms with Crippen molar-refractivity contribution in [3.8, 4) is 11.3 Å². The van der Waals surface area contributed by atoms with E-state index in [1.807, 2.05) is 24.3 Å². The first-order valence-corrected chi connectivity index (χ1v) is 5.30. The molecule has 14 heavy (non-hydrogen) atoms. The summed E-state index contributed by atoms with van der Waals surface area (Å²) in [6, 6.07) is 7.55. The van der Waals surface area contributed by atoms with Gasteiger partial charge >= 0.3 is 0 Å². The van der Waals surface area contributed by atoms with Crippen LogP contribution in [0.3, 0.4) is 0 Å². The quantitative estimate of drug-likeness (QED) is 0.778. The first-order chi connectivity index (χ1) is 6.68. The fourth-order valence-corrected chi connectivity index (χ4v) is 1.61. The van der Waals surface area contributed by atoms with Gasteiger partial charge in [0.2, 0.25) is 5.22 Å². The fourth-order valence-electron chi connectivity index (χ4n) is 1.05. The van der Waals surface area contributed by atoms with Gasteiger partial charge in [-0.2, -0.15) is 0 Å². The maximum Gasteiger partial charge on any atom is 0.245 e. The van der Waals surface area contributed by atoms with E-state index in [9.17, 15) is 0 Å². The van der Waals surface area contributed by atoms with Crippen molar-refractivity contribution in [2.75, 3.05) is 0 Å². The average molecular weight is 293 g/mol. The molecule has 0 unspecified atom stereocenters. The summed E-state index contributed by atoms with van der Waals surface area (Å²) in [5, 5.41) is 4.22. The van der Waals surface area contributed by atoms with E-state index in [-0.39, 0.29) is 5.22 Å². The van der Waals surface area contributed by atoms with Crippen LogP contribution >= 0.6 is 39.1 Å². The van der Waals surface area contributed by atoms with Crippen LogP contribution < -0.4 is 0 Å². The maximum atomic E-state index is 5.88. The van der Waals surface area contributed by atoms with Crippen molar-refractivity contribution in [3.63, 3.8) is 0 Å². The number of aromatic nitrogens is 1. The molecule has 2 rings (SSSR count). The third-order valence-corrected chi connectivity index (χ3v) is 2.95. The Bertz CT molecular complexity index is 452. The van der Waals surface area contributed by atoms with Crippen molar-refractivity contribution >= 4 is 39.1 Å². The summed E-state index contributed by atoms with van der Waals surface area (Å²) in [4.78, 5) is 0. The van der Waals surface area contributed by atoms with Crippen LogP contribution in [0.4, 0.5) is 0 Å². The molecule has 2 aromatic rings. The van der Waals surface area contributed by atoms with Crippen LogP contribution in [0.25, 0.3) is 11.3 Å². The second-order valence-electron chi connectivity index (χ2n) is 2.63. The van der Waals surface area contributed by atoms with Crippen molar-refractivity contribution in [3.05, 3.63) is 39.0 Å². The Morgan fingerprint density at radius 1 is 1.14 bits per heavy atom. The molecule has 5 heteroatoms. The summed E-state index contributed by atoms with van der Waals surface area (Å²) in [6.07, 6.45) is 0. The second-order valence-corrected chi connectivity index (χ2v) is 4.26. The zero-order valence-electron chi connectivity index (χ0n) is 6.80. The number of hydrogen-bond donors (Lipinski definition) is 0. The summed E-state index contributed by atoms with van der Waals surface area (Å²) in [7, 11) is 0. The van der Waals surface area contributed by atoms with Gasteiger partial charge in [-0.05, 0) is 23.7 Å². The maximum absolute atomic E-state index is 5.88. The van der Waals surface area contributed by atoms with Crippen LogP contribution in [-0.4, -0.2) is 5.16 Å². The SMILES string of the molecule is Clc1onc(-c2ccc(Br)cc2)c1Cl. The Morgan fingerprint density at radius 2 is 1.79 bits per heavy atom. The van der Waals surface area contributed by atoms with Crippen molar-refractivity contribution < 1.29 is 4.52 Å². The standard InChI is InChI=1S/C9H4BrCl2NO/c10-6-3-1-5(2-4-6)8-7(11)9(12)14-13-8/h1-4H. The predicted octanol–water partition coefficient (Wildman–Crippen LogP) is 4.41. The third-order valence-electron chi connectivity index (χ3n) is 1.72. The largest absolute Gasteiger partial charge is 0.342 e. The molecule has 0 radical (unpaired) electrons. The summed E-state index contributed by atoms with van der Waals surface area (Å²) in [6.45, 7) is 0. The summed E-state index contributed by atoms with van der Waals surface area (Å²) in [5.41, 5.74) is 1.43. The van der Waals surface area contributed by atoms with E-state index in [1.54, 1.807) is 0 Å². The summed E-state index contributed by atoms with van der Waals surface area (Å²) >= 11 is 14.9. The lowest BCUT2D eigenvalue weighted by Crippen LogP contribution is -1.77. The third kappa shape index (κ3) is 1.80. The van der Waals surface area contributed by atoms with Crippen LogP contribution in [0, 0.1) is 0 Å². The Morgan fingerprint density at radius 3 is 2.29 bits per heavy atom. The number of nitrogens with zero attached hydrogens (tertiary/aromatic N) is 1. The smallest absolute Gasteiger partial charge is 0.245 e. The van der Waals surface area contributed by atoms with E-state index in [1.165, 1.54) is 0 Å². The zero-order chi connectivity index (χ0) is 10.1. The number of halogens is 3. The molecule has 0 aliphatic rings. The van der Waals surface area contributed by atoms with Gasteiger partial charge in [0.25, 0.3) is 0 Å². The van der Waals surface area contributed by atoms with E-state index in [4.69, 9.17) is 27.7 Å². The van der Waals surface area contributed by atoms with Gasteiger partial charge in [-0.25, -0.2) is 0 Å². The monoisotopic (exact) mass is 291 g/mol. The Labute approximate surface area is 98.9 Å². The van der Waals surface area contributed by atoms with Gasteiger partial charge in [0.1, 0.15) is 10.7 Å². The molecule has 72 valence electrons. The molecular formula is C9H4BrCl2NO. The zero-order valence-corrected chi connectivity index (χ0v) is 9.90. The second kappa shape index (κ2) is 3.93. The minimum Gasteiger partial charge on any atom is -0.342 e. The van der Waals surface area contributed by atoms with Gasteiger partial charge in [-0.15, -0.1) is 0 Å².